The van der Waals surface area contributed by atoms with Gasteiger partial charge in [-0.1, -0.05) is 25.0 Å². The Bertz CT molecular complexity index is 743. The second-order valence-electron chi connectivity index (χ2n) is 8.12. The van der Waals surface area contributed by atoms with Crippen molar-refractivity contribution in [3.8, 4) is 5.75 Å². The van der Waals surface area contributed by atoms with E-state index >= 15 is 0 Å². The normalized spacial score (nSPS) is 19.7. The van der Waals surface area contributed by atoms with Crippen LogP contribution in [0.15, 0.2) is 24.3 Å². The molecule has 7 nitrogen and oxygen atoms in total. The highest BCUT2D eigenvalue weighted by molar-refractivity contribution is 5.96. The average Bonchev–Trinajstić information content (AvgIpc) is 3.21. The molecule has 1 aliphatic carbocycles. The fourth-order valence-corrected chi connectivity index (χ4v) is 4.04. The first-order valence-corrected chi connectivity index (χ1v) is 10.6. The Morgan fingerprint density at radius 1 is 1.10 bits per heavy atom. The maximum Gasteiger partial charge on any atom is 0.573 e. The van der Waals surface area contributed by atoms with E-state index in [-0.39, 0.29) is 17.7 Å². The van der Waals surface area contributed by atoms with Crippen LogP contribution in [0.3, 0.4) is 0 Å². The third-order valence-electron chi connectivity index (χ3n) is 5.82. The van der Waals surface area contributed by atoms with Gasteiger partial charge in [-0.2, -0.15) is 0 Å². The smallest absolute Gasteiger partial charge is 0.406 e. The third kappa shape index (κ3) is 7.39. The van der Waals surface area contributed by atoms with E-state index in [9.17, 15) is 22.8 Å². The summed E-state index contributed by atoms with van der Waals surface area (Å²) in [5.41, 5.74) is 0.886. The number of rotatable bonds is 6. The predicted octanol–water partition coefficient (Wildman–Crippen LogP) is 2.86. The lowest BCUT2D eigenvalue weighted by Gasteiger charge is -2.37. The molecule has 0 spiro atoms. The highest BCUT2D eigenvalue weighted by Gasteiger charge is 2.31. The van der Waals surface area contributed by atoms with Gasteiger partial charge in [0, 0.05) is 38.8 Å². The zero-order chi connectivity index (χ0) is 22.4. The van der Waals surface area contributed by atoms with Gasteiger partial charge < -0.3 is 10.1 Å². The molecule has 172 valence electrons. The summed E-state index contributed by atoms with van der Waals surface area (Å²) in [6.45, 7) is 5.14. The maximum atomic E-state index is 12.4. The number of hydrogen-bond donors (Lipinski definition) is 2. The summed E-state index contributed by atoms with van der Waals surface area (Å²) in [6.07, 6.45) is -0.581. The van der Waals surface area contributed by atoms with E-state index < -0.39 is 18.4 Å². The number of carbonyl (C=O) groups is 2. The number of carbonyl (C=O) groups excluding carboxylic acids is 2. The maximum absolute atomic E-state index is 12.4. The first-order chi connectivity index (χ1) is 14.7. The highest BCUT2D eigenvalue weighted by Crippen LogP contribution is 2.23. The van der Waals surface area contributed by atoms with Gasteiger partial charge in [-0.25, -0.2) is 4.79 Å². The Hall–Kier alpha value is -2.33. The second-order valence-corrected chi connectivity index (χ2v) is 8.12. The molecule has 31 heavy (non-hydrogen) atoms. The average molecular weight is 442 g/mol. The van der Waals surface area contributed by atoms with E-state index in [1.54, 1.807) is 19.1 Å². The monoisotopic (exact) mass is 442 g/mol. The summed E-state index contributed by atoms with van der Waals surface area (Å²) in [6, 6.07) is 5.15. The van der Waals surface area contributed by atoms with Crippen molar-refractivity contribution < 1.29 is 27.5 Å². The van der Waals surface area contributed by atoms with Gasteiger partial charge in [0.1, 0.15) is 5.75 Å². The molecular weight excluding hydrogens is 413 g/mol. The molecule has 3 amide bonds. The molecule has 1 saturated carbocycles. The molecule has 0 radical (unpaired) electrons. The molecule has 1 unspecified atom stereocenters. The molecule has 2 aliphatic rings. The minimum absolute atomic E-state index is 0.153. The SMILES string of the molecule is CC(C(=O)NC(=O)NC1CCCC1)N1CCN(Cc2ccc(OC(F)(F)F)cc2)CC1. The Morgan fingerprint density at radius 2 is 1.71 bits per heavy atom. The first kappa shape index (κ1) is 23.3. The quantitative estimate of drug-likeness (QED) is 0.709. The van der Waals surface area contributed by atoms with E-state index in [1.165, 1.54) is 12.1 Å². The van der Waals surface area contributed by atoms with Crippen LogP contribution in [0.2, 0.25) is 0 Å². The summed E-state index contributed by atoms with van der Waals surface area (Å²) in [4.78, 5) is 28.6. The summed E-state index contributed by atoms with van der Waals surface area (Å²) in [7, 11) is 0. The lowest BCUT2D eigenvalue weighted by atomic mass is 10.1. The van der Waals surface area contributed by atoms with Gasteiger partial charge in [-0.3, -0.25) is 19.9 Å². The molecule has 1 heterocycles. The van der Waals surface area contributed by atoms with Gasteiger partial charge in [0.25, 0.3) is 0 Å². The van der Waals surface area contributed by atoms with Gasteiger partial charge in [0.05, 0.1) is 6.04 Å². The summed E-state index contributed by atoms with van der Waals surface area (Å²) >= 11 is 0. The summed E-state index contributed by atoms with van der Waals surface area (Å²) in [5.74, 6) is -0.554. The number of urea groups is 1. The molecule has 1 aliphatic heterocycles. The topological polar surface area (TPSA) is 73.9 Å². The van der Waals surface area contributed by atoms with E-state index in [2.05, 4.69) is 20.3 Å². The predicted molar refractivity (Wildman–Crippen MR) is 108 cm³/mol. The molecule has 0 aromatic heterocycles. The number of hydrogen-bond acceptors (Lipinski definition) is 5. The van der Waals surface area contributed by atoms with E-state index in [1.807, 2.05) is 4.90 Å². The second kappa shape index (κ2) is 10.3. The number of benzene rings is 1. The number of amides is 3. The molecule has 2 fully saturated rings. The number of nitrogens with zero attached hydrogens (tertiary/aromatic N) is 2. The first-order valence-electron chi connectivity index (χ1n) is 10.6. The number of halogens is 3. The Balaban J connectivity index is 1.40. The fraction of sp³-hybridized carbons (Fsp3) is 0.619. The van der Waals surface area contributed by atoms with Crippen molar-refractivity contribution in [3.63, 3.8) is 0 Å². The van der Waals surface area contributed by atoms with Gasteiger partial charge in [-0.05, 0) is 37.5 Å². The Kier molecular flexibility index (Phi) is 7.77. The van der Waals surface area contributed by atoms with E-state index in [4.69, 9.17) is 0 Å². The number of ether oxygens (including phenoxy) is 1. The lowest BCUT2D eigenvalue weighted by Crippen LogP contribution is -2.55. The van der Waals surface area contributed by atoms with Crippen molar-refractivity contribution in [2.24, 2.45) is 0 Å². The summed E-state index contributed by atoms with van der Waals surface area (Å²) in [5, 5.41) is 5.29. The van der Waals surface area contributed by atoms with Crippen LogP contribution in [0.5, 0.6) is 5.75 Å². The largest absolute Gasteiger partial charge is 0.573 e. The molecule has 1 atom stereocenters. The van der Waals surface area contributed by atoms with Crippen molar-refractivity contribution in [2.45, 2.75) is 57.6 Å². The molecule has 2 N–H and O–H groups in total. The lowest BCUT2D eigenvalue weighted by molar-refractivity contribution is -0.274. The number of nitrogens with one attached hydrogen (secondary N) is 2. The van der Waals surface area contributed by atoms with Gasteiger partial charge >= 0.3 is 12.4 Å². The van der Waals surface area contributed by atoms with E-state index in [0.29, 0.717) is 32.7 Å². The standard InChI is InChI=1S/C21H29F3N4O3/c1-15(19(29)26-20(30)25-17-4-2-3-5-17)28-12-10-27(11-13-28)14-16-6-8-18(9-7-16)31-21(22,23)24/h6-9,15,17H,2-5,10-14H2,1H3,(H2,25,26,29,30). The van der Waals surface area contributed by atoms with Crippen LogP contribution < -0.4 is 15.4 Å². The summed E-state index contributed by atoms with van der Waals surface area (Å²) < 4.78 is 40.6. The van der Waals surface area contributed by atoms with Crippen LogP contribution >= 0.6 is 0 Å². The van der Waals surface area contributed by atoms with Crippen LogP contribution in [0.25, 0.3) is 0 Å². The zero-order valence-electron chi connectivity index (χ0n) is 17.6. The molecular formula is C21H29F3N4O3. The van der Waals surface area contributed by atoms with Crippen molar-refractivity contribution >= 4 is 11.9 Å². The molecule has 1 saturated heterocycles. The Labute approximate surface area is 179 Å². The van der Waals surface area contributed by atoms with Gasteiger partial charge in [-0.15, -0.1) is 13.2 Å². The molecule has 3 rings (SSSR count). The third-order valence-corrected chi connectivity index (χ3v) is 5.82. The van der Waals surface area contributed by atoms with Crippen molar-refractivity contribution in [1.82, 2.24) is 20.4 Å². The highest BCUT2D eigenvalue weighted by atomic mass is 19.4. The van der Waals surface area contributed by atoms with Crippen LogP contribution in [-0.4, -0.2) is 66.4 Å². The van der Waals surface area contributed by atoms with Crippen LogP contribution in [0, 0.1) is 0 Å². The molecule has 1 aromatic carbocycles. The van der Waals surface area contributed by atoms with E-state index in [0.717, 1.165) is 31.2 Å². The van der Waals surface area contributed by atoms with Crippen molar-refractivity contribution in [2.75, 3.05) is 26.2 Å². The number of piperazine rings is 1. The number of alkyl halides is 3. The minimum Gasteiger partial charge on any atom is -0.406 e. The molecule has 0 bridgehead atoms. The zero-order valence-corrected chi connectivity index (χ0v) is 17.6. The van der Waals surface area contributed by atoms with Crippen molar-refractivity contribution in [3.05, 3.63) is 29.8 Å². The van der Waals surface area contributed by atoms with Crippen LogP contribution in [-0.2, 0) is 11.3 Å². The molecule has 1 aromatic rings. The minimum atomic E-state index is -4.70. The van der Waals surface area contributed by atoms with Crippen LogP contribution in [0.4, 0.5) is 18.0 Å². The van der Waals surface area contributed by atoms with Crippen molar-refractivity contribution in [1.29, 1.82) is 0 Å². The number of imide groups is 1. The Morgan fingerprint density at radius 3 is 2.29 bits per heavy atom. The van der Waals surface area contributed by atoms with Gasteiger partial charge in [0.2, 0.25) is 5.91 Å². The van der Waals surface area contributed by atoms with Crippen LogP contribution in [0.1, 0.15) is 38.2 Å². The fourth-order valence-electron chi connectivity index (χ4n) is 4.04. The van der Waals surface area contributed by atoms with Gasteiger partial charge in [0.15, 0.2) is 0 Å². The molecule has 10 heteroatoms.